The van der Waals surface area contributed by atoms with Crippen LogP contribution in [-0.2, 0) is 4.79 Å². The van der Waals surface area contributed by atoms with E-state index < -0.39 is 12.1 Å². The number of hydrogen-bond donors (Lipinski definition) is 3. The number of likely N-dealkylation sites (N-methyl/N-ethyl adjacent to an activating group) is 1. The molecule has 53 heavy (non-hydrogen) atoms. The summed E-state index contributed by atoms with van der Waals surface area (Å²) in [5.41, 5.74) is 6.41. The van der Waals surface area contributed by atoms with Gasteiger partial charge in [-0.2, -0.15) is 0 Å². The summed E-state index contributed by atoms with van der Waals surface area (Å²) in [4.78, 5) is 63.5. The molecule has 3 aromatic carbocycles. The van der Waals surface area contributed by atoms with Crippen molar-refractivity contribution >= 4 is 17.9 Å². The number of carbonyl (C=O) groups is 3. The normalized spacial score (nSPS) is 17.6. The van der Waals surface area contributed by atoms with Crippen molar-refractivity contribution in [3.05, 3.63) is 127 Å². The number of nitrogens with zero attached hydrogens (tertiary/aromatic N) is 6. The zero-order valence-corrected chi connectivity index (χ0v) is 29.1. The number of aromatic amines is 2. The second-order valence-electron chi connectivity index (χ2n) is 13.4. The van der Waals surface area contributed by atoms with Crippen molar-refractivity contribution < 1.29 is 23.9 Å². The Hall–Kier alpha value is -6.50. The molecule has 3 amide bonds. The highest BCUT2D eigenvalue weighted by atomic mass is 16.4. The lowest BCUT2D eigenvalue weighted by atomic mass is 10.0. The van der Waals surface area contributed by atoms with Crippen LogP contribution >= 0.6 is 0 Å². The Kier molecular flexibility index (Phi) is 9.05. The predicted molar refractivity (Wildman–Crippen MR) is 195 cm³/mol. The topological polar surface area (TPSA) is 165 Å². The maximum atomic E-state index is 13.9. The van der Waals surface area contributed by atoms with Gasteiger partial charge in [0.05, 0.1) is 42.1 Å². The number of benzene rings is 3. The number of likely N-dealkylation sites (tertiary alicyclic amines) is 2. The van der Waals surface area contributed by atoms with E-state index in [1.54, 1.807) is 40.3 Å². The number of imidazole rings is 2. The summed E-state index contributed by atoms with van der Waals surface area (Å²) < 4.78 is 5.24. The van der Waals surface area contributed by atoms with Gasteiger partial charge in [-0.1, -0.05) is 78.9 Å². The molecule has 3 atom stereocenters. The molecule has 13 heteroatoms. The van der Waals surface area contributed by atoms with E-state index in [4.69, 9.17) is 4.42 Å². The quantitative estimate of drug-likeness (QED) is 0.143. The van der Waals surface area contributed by atoms with E-state index in [9.17, 15) is 19.5 Å². The molecule has 6 aromatic rings. The van der Waals surface area contributed by atoms with Gasteiger partial charge in [-0.25, -0.2) is 19.7 Å². The summed E-state index contributed by atoms with van der Waals surface area (Å²) in [5.74, 6) is 1.22. The first-order chi connectivity index (χ1) is 25.9. The van der Waals surface area contributed by atoms with Crippen LogP contribution in [0.2, 0.25) is 0 Å². The van der Waals surface area contributed by atoms with Crippen LogP contribution in [0.15, 0.2) is 108 Å². The standard InChI is InChI=1S/C40H38N8O5/c1-46(40(51)52)35(29-7-3-2-4-8-29)39(50)48-20-6-10-33(48)37-43-22-31(45-37)28-17-13-26(14-18-28)25-11-15-27(16-12-25)30-21-42-36(44-30)32-9-5-19-47(32)38(49)34-23-41-24-53-34/h2-4,7-8,11-18,21-24,32-33,35H,5-6,9-10,19-20H2,1H3,(H,42,44)(H,43,45)(H,51,52)/t32-,33-,35+/m0/s1. The van der Waals surface area contributed by atoms with Crippen LogP contribution in [0.25, 0.3) is 33.6 Å². The number of amides is 3. The fraction of sp³-hybridized carbons (Fsp3) is 0.250. The molecule has 3 aromatic heterocycles. The van der Waals surface area contributed by atoms with Crippen LogP contribution in [0, 0.1) is 0 Å². The Labute approximate surface area is 305 Å². The second-order valence-corrected chi connectivity index (χ2v) is 13.4. The largest absolute Gasteiger partial charge is 0.465 e. The number of rotatable bonds is 9. The van der Waals surface area contributed by atoms with Gasteiger partial charge in [0.25, 0.3) is 11.8 Å². The molecule has 0 radical (unpaired) electrons. The van der Waals surface area contributed by atoms with Crippen molar-refractivity contribution in [3.8, 4) is 33.6 Å². The Morgan fingerprint density at radius 2 is 1.28 bits per heavy atom. The monoisotopic (exact) mass is 710 g/mol. The van der Waals surface area contributed by atoms with Crippen LogP contribution in [0.3, 0.4) is 0 Å². The number of carbonyl (C=O) groups excluding carboxylic acids is 2. The van der Waals surface area contributed by atoms with E-state index in [0.29, 0.717) is 24.5 Å². The molecule has 0 bridgehead atoms. The van der Waals surface area contributed by atoms with E-state index in [1.807, 2.05) is 24.4 Å². The predicted octanol–water partition coefficient (Wildman–Crippen LogP) is 7.11. The van der Waals surface area contributed by atoms with Crippen LogP contribution in [0.5, 0.6) is 0 Å². The lowest BCUT2D eigenvalue weighted by molar-refractivity contribution is -0.137. The Bertz CT molecular complexity index is 2210. The third-order valence-electron chi connectivity index (χ3n) is 10.3. The van der Waals surface area contributed by atoms with Gasteiger partial charge in [-0.15, -0.1) is 0 Å². The van der Waals surface area contributed by atoms with Crippen LogP contribution in [0.4, 0.5) is 4.79 Å². The Morgan fingerprint density at radius 1 is 0.755 bits per heavy atom. The van der Waals surface area contributed by atoms with E-state index in [1.165, 1.54) is 19.6 Å². The lowest BCUT2D eigenvalue weighted by Crippen LogP contribution is -2.43. The van der Waals surface area contributed by atoms with E-state index in [0.717, 1.165) is 70.0 Å². The molecule has 5 heterocycles. The van der Waals surface area contributed by atoms with E-state index >= 15 is 0 Å². The van der Waals surface area contributed by atoms with Crippen molar-refractivity contribution in [2.45, 2.75) is 43.8 Å². The molecule has 13 nitrogen and oxygen atoms in total. The number of aromatic nitrogens is 5. The van der Waals surface area contributed by atoms with Gasteiger partial charge in [-0.05, 0) is 53.5 Å². The molecule has 0 spiro atoms. The molecule has 2 aliphatic heterocycles. The minimum absolute atomic E-state index is 0.150. The van der Waals surface area contributed by atoms with Gasteiger partial charge in [0, 0.05) is 20.1 Å². The molecule has 0 saturated carbocycles. The van der Waals surface area contributed by atoms with Crippen LogP contribution in [-0.4, -0.2) is 82.8 Å². The maximum Gasteiger partial charge on any atom is 0.407 e. The van der Waals surface area contributed by atoms with Gasteiger partial charge in [0.15, 0.2) is 6.39 Å². The SMILES string of the molecule is CN(C(=O)O)[C@@H](C(=O)N1CCC[C@H]1c1ncc(-c2ccc(-c3ccc(-c4cnc([C@@H]5CCCN5C(=O)c5cnco5)[nH]4)cc3)cc2)[nH]1)c1ccccc1. The lowest BCUT2D eigenvalue weighted by Gasteiger charge is -2.32. The summed E-state index contributed by atoms with van der Waals surface area (Å²) in [7, 11) is 1.43. The molecule has 2 aliphatic rings. The van der Waals surface area contributed by atoms with Crippen molar-refractivity contribution in [3.63, 3.8) is 0 Å². The molecule has 2 saturated heterocycles. The van der Waals surface area contributed by atoms with Crippen LogP contribution < -0.4 is 0 Å². The van der Waals surface area contributed by atoms with Gasteiger partial charge < -0.3 is 29.3 Å². The fourth-order valence-electron chi connectivity index (χ4n) is 7.50. The summed E-state index contributed by atoms with van der Waals surface area (Å²) >= 11 is 0. The average molecular weight is 711 g/mol. The van der Waals surface area contributed by atoms with Crippen molar-refractivity contribution in [2.75, 3.05) is 20.1 Å². The number of H-pyrrole nitrogens is 2. The summed E-state index contributed by atoms with van der Waals surface area (Å²) in [6.07, 6.45) is 8.37. The average Bonchev–Trinajstić information content (AvgIpc) is 4.05. The summed E-state index contributed by atoms with van der Waals surface area (Å²) in [5, 5.41) is 9.77. The second kappa shape index (κ2) is 14.3. The first-order valence-electron chi connectivity index (χ1n) is 17.7. The molecular formula is C40H38N8O5. The summed E-state index contributed by atoms with van der Waals surface area (Å²) in [6, 6.07) is 24.1. The van der Waals surface area contributed by atoms with E-state index in [-0.39, 0.29) is 29.7 Å². The Morgan fingerprint density at radius 3 is 1.81 bits per heavy atom. The van der Waals surface area contributed by atoms with Gasteiger partial charge in [0.2, 0.25) is 5.76 Å². The zero-order chi connectivity index (χ0) is 36.5. The molecular weight excluding hydrogens is 672 g/mol. The highest BCUT2D eigenvalue weighted by molar-refractivity contribution is 5.91. The van der Waals surface area contributed by atoms with Gasteiger partial charge >= 0.3 is 6.09 Å². The number of carboxylic acid groups (broad SMARTS) is 1. The first kappa shape index (κ1) is 33.6. The molecule has 8 rings (SSSR count). The van der Waals surface area contributed by atoms with Crippen molar-refractivity contribution in [2.24, 2.45) is 0 Å². The Balaban J connectivity index is 0.942. The summed E-state index contributed by atoms with van der Waals surface area (Å²) in [6.45, 7) is 1.16. The highest BCUT2D eigenvalue weighted by Crippen LogP contribution is 2.36. The molecule has 3 N–H and O–H groups in total. The third-order valence-corrected chi connectivity index (χ3v) is 10.3. The third kappa shape index (κ3) is 6.57. The van der Waals surface area contributed by atoms with Crippen LogP contribution in [0.1, 0.15) is 71.6 Å². The minimum Gasteiger partial charge on any atom is -0.465 e. The number of hydrogen-bond acceptors (Lipinski definition) is 7. The van der Waals surface area contributed by atoms with Crippen molar-refractivity contribution in [1.29, 1.82) is 0 Å². The zero-order valence-electron chi connectivity index (χ0n) is 29.1. The fourth-order valence-corrected chi connectivity index (χ4v) is 7.50. The number of nitrogens with one attached hydrogen (secondary N) is 2. The first-order valence-corrected chi connectivity index (χ1v) is 17.7. The highest BCUT2D eigenvalue weighted by Gasteiger charge is 2.39. The molecule has 0 unspecified atom stereocenters. The van der Waals surface area contributed by atoms with Crippen molar-refractivity contribution in [1.82, 2.24) is 39.6 Å². The van der Waals surface area contributed by atoms with Gasteiger partial charge in [0.1, 0.15) is 17.7 Å². The molecule has 268 valence electrons. The van der Waals surface area contributed by atoms with Gasteiger partial charge in [-0.3, -0.25) is 14.5 Å². The van der Waals surface area contributed by atoms with E-state index in [2.05, 4.69) is 61.3 Å². The minimum atomic E-state index is -1.17. The number of oxazole rings is 1. The molecule has 0 aliphatic carbocycles. The maximum absolute atomic E-state index is 13.9. The molecule has 2 fully saturated rings. The smallest absolute Gasteiger partial charge is 0.407 e.